The third-order valence-electron chi connectivity index (χ3n) is 2.33. The molecular formula is C11H5F6N2. The smallest absolute Gasteiger partial charge is 0.240 e. The Kier molecular flexibility index (Phi) is 3.03. The molecule has 0 aliphatic rings. The summed E-state index contributed by atoms with van der Waals surface area (Å²) in [5.74, 6) is 0. The molecule has 8 heteroatoms. The predicted molar refractivity (Wildman–Crippen MR) is 52.4 cm³/mol. The van der Waals surface area contributed by atoms with Gasteiger partial charge >= 0.3 is 12.4 Å². The van der Waals surface area contributed by atoms with Crippen molar-refractivity contribution in [3.8, 4) is 5.69 Å². The van der Waals surface area contributed by atoms with E-state index in [1.807, 2.05) is 0 Å². The van der Waals surface area contributed by atoms with Crippen molar-refractivity contribution in [2.24, 2.45) is 0 Å². The third kappa shape index (κ3) is 2.72. The Morgan fingerprint density at radius 1 is 1.00 bits per heavy atom. The Morgan fingerprint density at radius 3 is 2.16 bits per heavy atom. The lowest BCUT2D eigenvalue weighted by Crippen LogP contribution is -2.14. The molecule has 0 atom stereocenters. The zero-order valence-corrected chi connectivity index (χ0v) is 9.05. The number of aromatic nitrogens is 2. The molecule has 0 saturated carbocycles. The summed E-state index contributed by atoms with van der Waals surface area (Å²) < 4.78 is 76.5. The van der Waals surface area contributed by atoms with Crippen molar-refractivity contribution in [1.29, 1.82) is 0 Å². The average molecular weight is 279 g/mol. The molecule has 0 spiro atoms. The molecule has 0 aliphatic carbocycles. The molecular weight excluding hydrogens is 274 g/mol. The monoisotopic (exact) mass is 279 g/mol. The average Bonchev–Trinajstić information content (AvgIpc) is 2.79. The van der Waals surface area contributed by atoms with Gasteiger partial charge in [-0.05, 0) is 24.3 Å². The topological polar surface area (TPSA) is 17.8 Å². The third-order valence-corrected chi connectivity index (χ3v) is 2.33. The number of benzene rings is 1. The van der Waals surface area contributed by atoms with Crippen molar-refractivity contribution in [2.75, 3.05) is 0 Å². The summed E-state index contributed by atoms with van der Waals surface area (Å²) in [6, 6.07) is 2.38. The zero-order chi connectivity index (χ0) is 14.3. The molecule has 101 valence electrons. The normalized spacial score (nSPS) is 12.7. The molecule has 2 nitrogen and oxygen atoms in total. The van der Waals surface area contributed by atoms with Gasteiger partial charge < -0.3 is 0 Å². The van der Waals surface area contributed by atoms with E-state index >= 15 is 0 Å². The first-order chi connectivity index (χ1) is 8.69. The van der Waals surface area contributed by atoms with Crippen LogP contribution in [0, 0.1) is 6.20 Å². The van der Waals surface area contributed by atoms with Crippen molar-refractivity contribution < 1.29 is 26.3 Å². The Balaban J connectivity index is 2.65. The van der Waals surface area contributed by atoms with E-state index in [0.29, 0.717) is 22.9 Å². The summed E-state index contributed by atoms with van der Waals surface area (Å²) in [7, 11) is 0. The fraction of sp³-hybridized carbons (Fsp3) is 0.182. The van der Waals surface area contributed by atoms with E-state index in [2.05, 4.69) is 11.3 Å². The highest BCUT2D eigenvalue weighted by Crippen LogP contribution is 2.37. The van der Waals surface area contributed by atoms with E-state index in [-0.39, 0.29) is 0 Å². The second-order valence-corrected chi connectivity index (χ2v) is 3.62. The molecule has 0 bridgehead atoms. The Morgan fingerprint density at radius 2 is 1.68 bits per heavy atom. The SMILES string of the molecule is FC(F)(F)c1ccc(C(F)(F)F)c(-n2cc[c]n2)c1. The van der Waals surface area contributed by atoms with Gasteiger partial charge in [-0.15, -0.1) is 0 Å². The molecule has 0 N–H and O–H groups in total. The molecule has 1 aromatic carbocycles. The lowest BCUT2D eigenvalue weighted by atomic mass is 10.1. The van der Waals surface area contributed by atoms with Gasteiger partial charge in [0.1, 0.15) is 6.20 Å². The Labute approximate surface area is 103 Å². The minimum Gasteiger partial charge on any atom is -0.240 e. The Bertz CT molecular complexity index is 568. The summed E-state index contributed by atoms with van der Waals surface area (Å²) in [5.41, 5.74) is -3.06. The highest BCUT2D eigenvalue weighted by molar-refractivity contribution is 5.45. The first-order valence-electron chi connectivity index (χ1n) is 4.90. The lowest BCUT2D eigenvalue weighted by molar-refractivity contribution is -0.141. The summed E-state index contributed by atoms with van der Waals surface area (Å²) in [5, 5.41) is 3.41. The summed E-state index contributed by atoms with van der Waals surface area (Å²) >= 11 is 0. The Hall–Kier alpha value is -1.99. The van der Waals surface area contributed by atoms with Crippen LogP contribution in [0.1, 0.15) is 11.1 Å². The van der Waals surface area contributed by atoms with Crippen LogP contribution in [-0.4, -0.2) is 9.78 Å². The van der Waals surface area contributed by atoms with Crippen molar-refractivity contribution >= 4 is 0 Å². The minimum atomic E-state index is -4.77. The van der Waals surface area contributed by atoms with Crippen LogP contribution in [0.5, 0.6) is 0 Å². The van der Waals surface area contributed by atoms with Gasteiger partial charge in [0.25, 0.3) is 0 Å². The van der Waals surface area contributed by atoms with Crippen molar-refractivity contribution in [3.05, 3.63) is 47.8 Å². The van der Waals surface area contributed by atoms with Crippen LogP contribution in [0.25, 0.3) is 5.69 Å². The van der Waals surface area contributed by atoms with Crippen LogP contribution in [0.15, 0.2) is 30.5 Å². The second kappa shape index (κ2) is 4.29. The molecule has 0 amide bonds. The first kappa shape index (κ1) is 13.4. The zero-order valence-electron chi connectivity index (χ0n) is 9.05. The maximum absolute atomic E-state index is 12.7. The van der Waals surface area contributed by atoms with E-state index in [1.165, 1.54) is 6.07 Å². The molecule has 0 aliphatic heterocycles. The standard InChI is InChI=1S/C11H5F6N2/c12-10(13,14)7-2-3-8(11(15,16)17)9(6-7)19-5-1-4-18-19/h1-3,5-6H. The molecule has 1 heterocycles. The van der Waals surface area contributed by atoms with Gasteiger partial charge in [-0.1, -0.05) is 0 Å². The van der Waals surface area contributed by atoms with Crippen LogP contribution < -0.4 is 0 Å². The molecule has 2 aromatic rings. The molecule has 19 heavy (non-hydrogen) atoms. The van der Waals surface area contributed by atoms with E-state index < -0.39 is 29.2 Å². The van der Waals surface area contributed by atoms with E-state index in [9.17, 15) is 26.3 Å². The van der Waals surface area contributed by atoms with Crippen LogP contribution in [0.2, 0.25) is 0 Å². The highest BCUT2D eigenvalue weighted by Gasteiger charge is 2.37. The molecule has 0 saturated heterocycles. The largest absolute Gasteiger partial charge is 0.418 e. The van der Waals surface area contributed by atoms with Crippen LogP contribution in [0.3, 0.4) is 0 Å². The van der Waals surface area contributed by atoms with Crippen LogP contribution in [-0.2, 0) is 12.4 Å². The van der Waals surface area contributed by atoms with Gasteiger partial charge in [-0.25, -0.2) is 4.68 Å². The van der Waals surface area contributed by atoms with Crippen molar-refractivity contribution in [2.45, 2.75) is 12.4 Å². The summed E-state index contributed by atoms with van der Waals surface area (Å²) in [4.78, 5) is 0. The van der Waals surface area contributed by atoms with E-state index in [1.54, 1.807) is 0 Å². The fourth-order valence-electron chi connectivity index (χ4n) is 1.50. The molecule has 2 rings (SSSR count). The van der Waals surface area contributed by atoms with Gasteiger partial charge in [-0.2, -0.15) is 31.4 Å². The number of rotatable bonds is 1. The maximum atomic E-state index is 12.7. The highest BCUT2D eigenvalue weighted by atomic mass is 19.4. The number of alkyl halides is 6. The second-order valence-electron chi connectivity index (χ2n) is 3.62. The van der Waals surface area contributed by atoms with Crippen molar-refractivity contribution in [1.82, 2.24) is 9.78 Å². The van der Waals surface area contributed by atoms with Gasteiger partial charge in [0.05, 0.1) is 16.8 Å². The van der Waals surface area contributed by atoms with Gasteiger partial charge in [0.15, 0.2) is 0 Å². The summed E-state index contributed by atoms with van der Waals surface area (Å²) in [6.07, 6.45) is -6.18. The molecule has 1 radical (unpaired) electrons. The van der Waals surface area contributed by atoms with Gasteiger partial charge in [-0.3, -0.25) is 0 Å². The van der Waals surface area contributed by atoms with Crippen LogP contribution >= 0.6 is 0 Å². The molecule has 0 unspecified atom stereocenters. The molecule has 0 fully saturated rings. The van der Waals surface area contributed by atoms with Gasteiger partial charge in [0, 0.05) is 6.20 Å². The minimum absolute atomic E-state index is 0.388. The first-order valence-corrected chi connectivity index (χ1v) is 4.90. The number of hydrogen-bond acceptors (Lipinski definition) is 1. The molecule has 1 aromatic heterocycles. The summed E-state index contributed by atoms with van der Waals surface area (Å²) in [6.45, 7) is 0. The van der Waals surface area contributed by atoms with E-state index in [4.69, 9.17) is 0 Å². The quantitative estimate of drug-likeness (QED) is 0.728. The predicted octanol–water partition coefficient (Wildman–Crippen LogP) is 3.71. The van der Waals surface area contributed by atoms with Gasteiger partial charge in [0.2, 0.25) is 0 Å². The van der Waals surface area contributed by atoms with E-state index in [0.717, 1.165) is 6.20 Å². The fourth-order valence-corrected chi connectivity index (χ4v) is 1.50. The number of halogens is 6. The lowest BCUT2D eigenvalue weighted by Gasteiger charge is -2.15. The number of nitrogens with zero attached hydrogens (tertiary/aromatic N) is 2. The van der Waals surface area contributed by atoms with Crippen LogP contribution in [0.4, 0.5) is 26.3 Å². The maximum Gasteiger partial charge on any atom is 0.418 e. The van der Waals surface area contributed by atoms with Crippen molar-refractivity contribution in [3.63, 3.8) is 0 Å². The number of hydrogen-bond donors (Lipinski definition) is 0.